The van der Waals surface area contributed by atoms with Gasteiger partial charge in [-0.25, -0.2) is 4.79 Å². The number of carbonyl (C=O) groups excluding carboxylic acids is 1. The Morgan fingerprint density at radius 2 is 1.76 bits per heavy atom. The summed E-state index contributed by atoms with van der Waals surface area (Å²) < 4.78 is 17.7. The Balaban J connectivity index is 1.41. The van der Waals surface area contributed by atoms with E-state index in [0.717, 1.165) is 56.1 Å². The van der Waals surface area contributed by atoms with Crippen molar-refractivity contribution >= 4 is 6.16 Å². The Kier molecular flexibility index (Phi) is 9.26. The summed E-state index contributed by atoms with van der Waals surface area (Å²) in [6.45, 7) is 11.3. The highest BCUT2D eigenvalue weighted by atomic mass is 16.7. The molecule has 0 aromatic heterocycles. The van der Waals surface area contributed by atoms with E-state index in [0.29, 0.717) is 24.5 Å². The van der Waals surface area contributed by atoms with Crippen molar-refractivity contribution in [1.82, 2.24) is 0 Å². The van der Waals surface area contributed by atoms with Crippen molar-refractivity contribution in [2.24, 2.45) is 5.92 Å². The van der Waals surface area contributed by atoms with Crippen LogP contribution in [0.3, 0.4) is 0 Å². The molecule has 0 saturated heterocycles. The van der Waals surface area contributed by atoms with Crippen LogP contribution >= 0.6 is 0 Å². The Hall–Kier alpha value is -2.01. The Morgan fingerprint density at radius 1 is 1.05 bits per heavy atom. The highest BCUT2D eigenvalue weighted by molar-refractivity contribution is 5.69. The molecule has 0 spiro atoms. The van der Waals surface area contributed by atoms with Gasteiger partial charge in [0.1, 0.15) is 6.10 Å². The van der Waals surface area contributed by atoms with Crippen LogP contribution in [-0.4, -0.2) is 29.6 Å². The molecular formula is C32H48O5. The molecule has 1 aromatic carbocycles. The average Bonchev–Trinajstić information content (AvgIpc) is 3.25. The lowest BCUT2D eigenvalue weighted by atomic mass is 9.48. The zero-order valence-electron chi connectivity index (χ0n) is 23.4. The van der Waals surface area contributed by atoms with Crippen LogP contribution in [0.15, 0.2) is 24.3 Å². The molecule has 0 amide bonds. The van der Waals surface area contributed by atoms with E-state index < -0.39 is 17.2 Å². The van der Waals surface area contributed by atoms with Gasteiger partial charge in [0.25, 0.3) is 0 Å². The van der Waals surface area contributed by atoms with Crippen molar-refractivity contribution in [2.75, 3.05) is 6.61 Å². The van der Waals surface area contributed by atoms with E-state index in [9.17, 15) is 9.90 Å². The van der Waals surface area contributed by atoms with E-state index in [-0.39, 0.29) is 12.0 Å². The third-order valence-electron chi connectivity index (χ3n) is 9.25. The first-order valence-corrected chi connectivity index (χ1v) is 15.0. The molecule has 5 nitrogen and oxygen atoms in total. The van der Waals surface area contributed by atoms with Crippen molar-refractivity contribution in [3.8, 4) is 11.5 Å². The molecule has 1 aliphatic heterocycles. The number of aliphatic hydroxyl groups is 1. The van der Waals surface area contributed by atoms with Gasteiger partial charge in [-0.1, -0.05) is 97.6 Å². The lowest BCUT2D eigenvalue weighted by Gasteiger charge is -2.58. The van der Waals surface area contributed by atoms with Gasteiger partial charge < -0.3 is 19.3 Å². The Bertz CT molecular complexity index is 955. The third kappa shape index (κ3) is 5.17. The third-order valence-corrected chi connectivity index (χ3v) is 9.25. The first kappa shape index (κ1) is 28.0. The monoisotopic (exact) mass is 512 g/mol. The fraction of sp³-hybridized carbons (Fsp3) is 0.719. The van der Waals surface area contributed by atoms with Crippen LogP contribution in [0.2, 0.25) is 0 Å². The molecule has 3 aliphatic rings. The van der Waals surface area contributed by atoms with Crippen molar-refractivity contribution in [3.63, 3.8) is 0 Å². The summed E-state index contributed by atoms with van der Waals surface area (Å²) >= 11 is 0. The summed E-state index contributed by atoms with van der Waals surface area (Å²) in [5.41, 5.74) is 1.87. The zero-order valence-corrected chi connectivity index (χ0v) is 23.4. The number of ether oxygens (including phenoxy) is 3. The average molecular weight is 513 g/mol. The van der Waals surface area contributed by atoms with Gasteiger partial charge in [0.2, 0.25) is 0 Å². The van der Waals surface area contributed by atoms with Crippen molar-refractivity contribution in [2.45, 2.75) is 134 Å². The number of rotatable bonds is 14. The normalized spacial score (nSPS) is 27.5. The molecule has 206 valence electrons. The topological polar surface area (TPSA) is 65.0 Å². The van der Waals surface area contributed by atoms with Gasteiger partial charge in [-0.05, 0) is 55.2 Å². The van der Waals surface area contributed by atoms with E-state index in [1.54, 1.807) is 0 Å². The quantitative estimate of drug-likeness (QED) is 0.118. The molecule has 1 N–H and O–H groups in total. The standard InChI is InChI=1S/C32H48O5/c1-5-8-9-10-11-12-13-14-15-21-35-30(33)36-26-17-16-24-22-25(7-3)32(34)20-18-23(4)29-31(32,19-6-2)27(24)28(26)37-29/h16-17,25,29,34H,4-15,18-22H2,1-3H3. The van der Waals surface area contributed by atoms with Crippen LogP contribution in [0.4, 0.5) is 4.79 Å². The van der Waals surface area contributed by atoms with Gasteiger partial charge in [0, 0.05) is 5.56 Å². The summed E-state index contributed by atoms with van der Waals surface area (Å²) in [5.74, 6) is 1.17. The van der Waals surface area contributed by atoms with Crippen molar-refractivity contribution < 1.29 is 24.1 Å². The molecule has 4 atom stereocenters. The predicted molar refractivity (Wildman–Crippen MR) is 147 cm³/mol. The number of hydrogen-bond donors (Lipinski definition) is 1. The van der Waals surface area contributed by atoms with Gasteiger partial charge in [-0.2, -0.15) is 0 Å². The number of hydrogen-bond acceptors (Lipinski definition) is 5. The maximum atomic E-state index is 12.6. The summed E-state index contributed by atoms with van der Waals surface area (Å²) in [6.07, 6.45) is 14.9. The van der Waals surface area contributed by atoms with Crippen LogP contribution in [0, 0.1) is 5.92 Å². The molecule has 0 bridgehead atoms. The summed E-state index contributed by atoms with van der Waals surface area (Å²) in [5, 5.41) is 12.3. The van der Waals surface area contributed by atoms with Gasteiger partial charge in [-0.15, -0.1) is 0 Å². The van der Waals surface area contributed by atoms with Crippen LogP contribution in [-0.2, 0) is 16.6 Å². The molecule has 37 heavy (non-hydrogen) atoms. The van der Waals surface area contributed by atoms with Crippen molar-refractivity contribution in [3.05, 3.63) is 35.4 Å². The largest absolute Gasteiger partial charge is 0.513 e. The van der Waals surface area contributed by atoms with Crippen LogP contribution in [0.1, 0.15) is 122 Å². The van der Waals surface area contributed by atoms with Gasteiger partial charge in [-0.3, -0.25) is 0 Å². The molecule has 1 aromatic rings. The molecule has 1 heterocycles. The Morgan fingerprint density at radius 3 is 2.43 bits per heavy atom. The molecule has 4 rings (SSSR count). The summed E-state index contributed by atoms with van der Waals surface area (Å²) in [4.78, 5) is 12.6. The molecule has 1 fully saturated rings. The van der Waals surface area contributed by atoms with Gasteiger partial charge in [0.05, 0.1) is 17.6 Å². The van der Waals surface area contributed by atoms with E-state index in [1.165, 1.54) is 50.5 Å². The highest BCUT2D eigenvalue weighted by Gasteiger charge is 2.68. The van der Waals surface area contributed by atoms with E-state index >= 15 is 0 Å². The van der Waals surface area contributed by atoms with E-state index in [1.807, 2.05) is 6.07 Å². The maximum Gasteiger partial charge on any atom is 0.513 e. The summed E-state index contributed by atoms with van der Waals surface area (Å²) in [7, 11) is 0. The molecule has 2 aliphatic carbocycles. The fourth-order valence-corrected chi connectivity index (χ4v) is 7.43. The van der Waals surface area contributed by atoms with E-state index in [2.05, 4.69) is 33.4 Å². The van der Waals surface area contributed by atoms with Gasteiger partial charge in [0.15, 0.2) is 11.5 Å². The second-order valence-corrected chi connectivity index (χ2v) is 11.6. The van der Waals surface area contributed by atoms with Crippen LogP contribution < -0.4 is 9.47 Å². The number of carbonyl (C=O) groups is 1. The second-order valence-electron chi connectivity index (χ2n) is 11.6. The maximum absolute atomic E-state index is 12.6. The van der Waals surface area contributed by atoms with Crippen LogP contribution in [0.5, 0.6) is 11.5 Å². The lowest BCUT2D eigenvalue weighted by Crippen LogP contribution is -2.66. The summed E-state index contributed by atoms with van der Waals surface area (Å²) in [6, 6.07) is 3.90. The fourth-order valence-electron chi connectivity index (χ4n) is 7.43. The number of unbranched alkanes of at least 4 members (excludes halogenated alkanes) is 8. The van der Waals surface area contributed by atoms with E-state index in [4.69, 9.17) is 14.2 Å². The lowest BCUT2D eigenvalue weighted by molar-refractivity contribution is -0.137. The first-order chi connectivity index (χ1) is 17.9. The molecular weight excluding hydrogens is 464 g/mol. The second kappa shape index (κ2) is 12.2. The highest BCUT2D eigenvalue weighted by Crippen LogP contribution is 2.66. The first-order valence-electron chi connectivity index (χ1n) is 15.0. The molecule has 1 saturated carbocycles. The zero-order chi connectivity index (χ0) is 26.5. The molecule has 4 unspecified atom stereocenters. The van der Waals surface area contributed by atoms with Crippen LogP contribution in [0.25, 0.3) is 0 Å². The molecule has 5 heteroatoms. The minimum atomic E-state index is -0.850. The molecule has 0 radical (unpaired) electrons. The minimum Gasteiger partial charge on any atom is -0.481 e. The Labute approximate surface area is 224 Å². The SMILES string of the molecule is C=C1CCC2(O)C(CC)Cc3ccc(OC(=O)OCCCCCCCCCCC)c4c3C2(CCC)C1O4. The predicted octanol–water partition coefficient (Wildman–Crippen LogP) is 8.20. The number of benzene rings is 1. The minimum absolute atomic E-state index is 0.171. The smallest absolute Gasteiger partial charge is 0.481 e. The van der Waals surface area contributed by atoms with Crippen molar-refractivity contribution in [1.29, 1.82) is 0 Å². The van der Waals surface area contributed by atoms with Gasteiger partial charge >= 0.3 is 6.16 Å².